The second-order valence-corrected chi connectivity index (χ2v) is 5.46. The van der Waals surface area contributed by atoms with Crippen molar-refractivity contribution < 1.29 is 9.59 Å². The van der Waals surface area contributed by atoms with Crippen LogP contribution in [0.5, 0.6) is 0 Å². The number of carbonyl (C=O) groups is 2. The van der Waals surface area contributed by atoms with E-state index in [0.717, 1.165) is 18.4 Å². The third-order valence-corrected chi connectivity index (χ3v) is 3.88. The van der Waals surface area contributed by atoms with E-state index in [1.807, 2.05) is 30.3 Å². The molecule has 0 bridgehead atoms. The van der Waals surface area contributed by atoms with Gasteiger partial charge in [0.15, 0.2) is 0 Å². The fourth-order valence-corrected chi connectivity index (χ4v) is 2.72. The first-order chi connectivity index (χ1) is 9.16. The first-order valence-electron chi connectivity index (χ1n) is 6.81. The molecule has 4 nitrogen and oxygen atoms in total. The third-order valence-electron chi connectivity index (χ3n) is 3.88. The van der Waals surface area contributed by atoms with Crippen LogP contribution in [0, 0.1) is 5.92 Å². The highest BCUT2D eigenvalue weighted by molar-refractivity contribution is 5.97. The zero-order valence-corrected chi connectivity index (χ0v) is 11.0. The van der Waals surface area contributed by atoms with E-state index in [1.165, 1.54) is 0 Å². The van der Waals surface area contributed by atoms with Gasteiger partial charge in [-0.1, -0.05) is 30.3 Å². The van der Waals surface area contributed by atoms with E-state index < -0.39 is 6.04 Å². The number of nitrogens with zero attached hydrogens (tertiary/aromatic N) is 1. The van der Waals surface area contributed by atoms with Gasteiger partial charge >= 0.3 is 0 Å². The van der Waals surface area contributed by atoms with Crippen LogP contribution in [0.4, 0.5) is 0 Å². The predicted molar refractivity (Wildman–Crippen MR) is 71.1 cm³/mol. The SMILES string of the molecule is CC1NC(=O)C(C2CC2)N(Cc2ccccc2)C1=O. The fraction of sp³-hybridized carbons (Fsp3) is 0.467. The molecule has 1 aliphatic heterocycles. The molecule has 2 fully saturated rings. The Morgan fingerprint density at radius 1 is 1.21 bits per heavy atom. The number of piperazine rings is 1. The Balaban J connectivity index is 1.85. The minimum absolute atomic E-state index is 0.00512. The zero-order chi connectivity index (χ0) is 13.4. The molecule has 2 atom stereocenters. The summed E-state index contributed by atoms with van der Waals surface area (Å²) >= 11 is 0. The Hall–Kier alpha value is -1.84. The van der Waals surface area contributed by atoms with Crippen molar-refractivity contribution in [2.45, 2.75) is 38.4 Å². The van der Waals surface area contributed by atoms with E-state index in [4.69, 9.17) is 0 Å². The van der Waals surface area contributed by atoms with E-state index in [-0.39, 0.29) is 17.9 Å². The number of hydrogen-bond donors (Lipinski definition) is 1. The molecule has 2 aliphatic rings. The van der Waals surface area contributed by atoms with Crippen LogP contribution in [-0.4, -0.2) is 28.8 Å². The lowest BCUT2D eigenvalue weighted by atomic mass is 10.0. The molecule has 1 saturated heterocycles. The predicted octanol–water partition coefficient (Wildman–Crippen LogP) is 1.31. The van der Waals surface area contributed by atoms with Gasteiger partial charge in [0.25, 0.3) is 0 Å². The van der Waals surface area contributed by atoms with Crippen molar-refractivity contribution in [2.24, 2.45) is 5.92 Å². The molecule has 0 spiro atoms. The quantitative estimate of drug-likeness (QED) is 0.888. The molecule has 2 unspecified atom stereocenters. The Morgan fingerprint density at radius 3 is 2.53 bits per heavy atom. The van der Waals surface area contributed by atoms with Crippen LogP contribution in [-0.2, 0) is 16.1 Å². The molecule has 1 saturated carbocycles. The van der Waals surface area contributed by atoms with Gasteiger partial charge in [-0.25, -0.2) is 0 Å². The van der Waals surface area contributed by atoms with Gasteiger partial charge in [0, 0.05) is 6.54 Å². The summed E-state index contributed by atoms with van der Waals surface area (Å²) in [7, 11) is 0. The van der Waals surface area contributed by atoms with Gasteiger partial charge in [0.05, 0.1) is 0 Å². The van der Waals surface area contributed by atoms with E-state index in [1.54, 1.807) is 11.8 Å². The molecule has 19 heavy (non-hydrogen) atoms. The van der Waals surface area contributed by atoms with Crippen LogP contribution in [0.25, 0.3) is 0 Å². The first kappa shape index (κ1) is 12.2. The minimum atomic E-state index is -0.411. The van der Waals surface area contributed by atoms with Crippen LogP contribution in [0.15, 0.2) is 30.3 Å². The minimum Gasteiger partial charge on any atom is -0.343 e. The molecule has 1 aromatic rings. The molecule has 3 rings (SSSR count). The summed E-state index contributed by atoms with van der Waals surface area (Å²) in [5.74, 6) is 0.381. The van der Waals surface area contributed by atoms with Gasteiger partial charge < -0.3 is 10.2 Å². The maximum absolute atomic E-state index is 12.3. The van der Waals surface area contributed by atoms with Gasteiger partial charge in [-0.15, -0.1) is 0 Å². The summed E-state index contributed by atoms with van der Waals surface area (Å²) in [5, 5.41) is 2.79. The monoisotopic (exact) mass is 258 g/mol. The number of carbonyl (C=O) groups excluding carboxylic acids is 2. The van der Waals surface area contributed by atoms with Crippen molar-refractivity contribution in [2.75, 3.05) is 0 Å². The summed E-state index contributed by atoms with van der Waals surface area (Å²) in [5.41, 5.74) is 1.07. The maximum Gasteiger partial charge on any atom is 0.245 e. The highest BCUT2D eigenvalue weighted by atomic mass is 16.2. The molecule has 100 valence electrons. The van der Waals surface area contributed by atoms with Crippen LogP contribution in [0.1, 0.15) is 25.3 Å². The van der Waals surface area contributed by atoms with Crippen LogP contribution >= 0.6 is 0 Å². The highest BCUT2D eigenvalue weighted by Gasteiger charge is 2.46. The normalized spacial score (nSPS) is 27.3. The number of amides is 2. The van der Waals surface area contributed by atoms with Crippen LogP contribution in [0.2, 0.25) is 0 Å². The average Bonchev–Trinajstić information content (AvgIpc) is 3.21. The Bertz CT molecular complexity index is 496. The molecular formula is C15H18N2O2. The van der Waals surface area contributed by atoms with Crippen molar-refractivity contribution in [1.29, 1.82) is 0 Å². The first-order valence-corrected chi connectivity index (χ1v) is 6.81. The second-order valence-electron chi connectivity index (χ2n) is 5.46. The lowest BCUT2D eigenvalue weighted by Crippen LogP contribution is -2.62. The number of benzene rings is 1. The van der Waals surface area contributed by atoms with Crippen molar-refractivity contribution in [3.63, 3.8) is 0 Å². The summed E-state index contributed by atoms with van der Waals surface area (Å²) in [6.07, 6.45) is 2.09. The zero-order valence-electron chi connectivity index (χ0n) is 11.0. The fourth-order valence-electron chi connectivity index (χ4n) is 2.72. The average molecular weight is 258 g/mol. The largest absolute Gasteiger partial charge is 0.343 e. The van der Waals surface area contributed by atoms with Crippen LogP contribution < -0.4 is 5.32 Å². The third kappa shape index (κ3) is 2.35. The topological polar surface area (TPSA) is 49.4 Å². The highest BCUT2D eigenvalue weighted by Crippen LogP contribution is 2.37. The second kappa shape index (κ2) is 4.68. The molecule has 0 aromatic heterocycles. The number of hydrogen-bond acceptors (Lipinski definition) is 2. The smallest absolute Gasteiger partial charge is 0.245 e. The summed E-state index contributed by atoms with van der Waals surface area (Å²) in [6, 6.07) is 9.17. The summed E-state index contributed by atoms with van der Waals surface area (Å²) < 4.78 is 0. The van der Waals surface area contributed by atoms with Crippen molar-refractivity contribution >= 4 is 11.8 Å². The molecule has 1 aromatic carbocycles. The van der Waals surface area contributed by atoms with E-state index >= 15 is 0 Å². The van der Waals surface area contributed by atoms with Gasteiger partial charge in [-0.2, -0.15) is 0 Å². The number of rotatable bonds is 3. The Morgan fingerprint density at radius 2 is 1.89 bits per heavy atom. The molecular weight excluding hydrogens is 240 g/mol. The lowest BCUT2D eigenvalue weighted by Gasteiger charge is -2.38. The number of nitrogens with one attached hydrogen (secondary N) is 1. The van der Waals surface area contributed by atoms with Gasteiger partial charge in [-0.3, -0.25) is 9.59 Å². The Kier molecular flexibility index (Phi) is 3.01. The molecule has 1 aliphatic carbocycles. The maximum atomic E-state index is 12.3. The van der Waals surface area contributed by atoms with Crippen molar-refractivity contribution in [3.8, 4) is 0 Å². The molecule has 2 amide bonds. The standard InChI is InChI=1S/C15H18N2O2/c1-10-15(19)17(9-11-5-3-2-4-6-11)13(12-7-8-12)14(18)16-10/h2-6,10,12-13H,7-9H2,1H3,(H,16,18). The van der Waals surface area contributed by atoms with Gasteiger partial charge in [0.2, 0.25) is 11.8 Å². The summed E-state index contributed by atoms with van der Waals surface area (Å²) in [4.78, 5) is 26.2. The molecule has 1 heterocycles. The van der Waals surface area contributed by atoms with Crippen molar-refractivity contribution in [1.82, 2.24) is 10.2 Å². The summed E-state index contributed by atoms with van der Waals surface area (Å²) in [6.45, 7) is 2.28. The van der Waals surface area contributed by atoms with Gasteiger partial charge in [0.1, 0.15) is 12.1 Å². The molecule has 0 radical (unpaired) electrons. The Labute approximate surface area is 112 Å². The van der Waals surface area contributed by atoms with E-state index in [9.17, 15) is 9.59 Å². The lowest BCUT2D eigenvalue weighted by molar-refractivity contribution is -0.150. The van der Waals surface area contributed by atoms with Crippen molar-refractivity contribution in [3.05, 3.63) is 35.9 Å². The molecule has 4 heteroatoms. The van der Waals surface area contributed by atoms with Crippen LogP contribution in [0.3, 0.4) is 0 Å². The van der Waals surface area contributed by atoms with E-state index in [2.05, 4.69) is 5.32 Å². The molecule has 1 N–H and O–H groups in total. The van der Waals surface area contributed by atoms with E-state index in [0.29, 0.717) is 12.5 Å². The van der Waals surface area contributed by atoms with Gasteiger partial charge in [-0.05, 0) is 31.2 Å².